The minimum absolute atomic E-state index is 0. The molecule has 1 aliphatic rings. The fourth-order valence-corrected chi connectivity index (χ4v) is 3.92. The Morgan fingerprint density at radius 3 is 2.50 bits per heavy atom. The number of nitrogens with two attached hydrogens (primary N) is 1. The number of hydrogen-bond acceptors (Lipinski definition) is 5. The molecule has 3 rings (SSSR count). The summed E-state index contributed by atoms with van der Waals surface area (Å²) in [6, 6.07) is 6.98. The monoisotopic (exact) mass is 413 g/mol. The summed E-state index contributed by atoms with van der Waals surface area (Å²) in [5.41, 5.74) is 6.68. The van der Waals surface area contributed by atoms with Gasteiger partial charge in [-0.2, -0.15) is 0 Å². The van der Waals surface area contributed by atoms with Crippen LogP contribution in [0, 0.1) is 5.92 Å². The van der Waals surface area contributed by atoms with E-state index in [9.17, 15) is 9.59 Å². The maximum absolute atomic E-state index is 12.6. The number of benzene rings is 1. The van der Waals surface area contributed by atoms with Gasteiger partial charge in [0, 0.05) is 41.4 Å². The zero-order valence-electron chi connectivity index (χ0n) is 14.2. The number of Topliss-reactive ketones (excluding diaryl/α,β-unsaturated/α-hetero) is 1. The van der Waals surface area contributed by atoms with Crippen LogP contribution in [0.25, 0.3) is 0 Å². The highest BCUT2D eigenvalue weighted by atomic mass is 35.5. The van der Waals surface area contributed by atoms with Crippen molar-refractivity contribution in [2.45, 2.75) is 19.3 Å². The lowest BCUT2D eigenvalue weighted by molar-refractivity contribution is 0.0646. The van der Waals surface area contributed by atoms with Crippen LogP contribution in [-0.2, 0) is 6.42 Å². The topological polar surface area (TPSA) is 76.3 Å². The van der Waals surface area contributed by atoms with E-state index in [4.69, 9.17) is 17.3 Å². The van der Waals surface area contributed by atoms with Crippen molar-refractivity contribution in [3.05, 3.63) is 50.9 Å². The summed E-state index contributed by atoms with van der Waals surface area (Å²) in [6.07, 6.45) is 2.04. The van der Waals surface area contributed by atoms with Crippen molar-refractivity contribution in [3.8, 4) is 0 Å². The first kappa shape index (κ1) is 20.8. The second-order valence-corrected chi connectivity index (χ2v) is 7.48. The average molecular weight is 414 g/mol. The largest absolute Gasteiger partial charge is 0.337 e. The Labute approximate surface area is 168 Å². The quantitative estimate of drug-likeness (QED) is 0.761. The second-order valence-electron chi connectivity index (χ2n) is 6.10. The van der Waals surface area contributed by atoms with Gasteiger partial charge < -0.3 is 10.6 Å². The van der Waals surface area contributed by atoms with Crippen molar-refractivity contribution in [3.63, 3.8) is 0 Å². The number of ketones is 1. The lowest BCUT2D eigenvalue weighted by Crippen LogP contribution is -2.40. The average Bonchev–Trinajstić information content (AvgIpc) is 3.10. The van der Waals surface area contributed by atoms with Gasteiger partial charge in [-0.25, -0.2) is 4.98 Å². The molecule has 0 bridgehead atoms. The second kappa shape index (κ2) is 9.46. The maximum atomic E-state index is 12.6. The normalized spacial score (nSPS) is 14.8. The molecule has 0 saturated carbocycles. The van der Waals surface area contributed by atoms with Crippen LogP contribution in [0.3, 0.4) is 0 Å². The SMILES string of the molecule is Cl.NCCc1nc(C(=O)N2CCC(C(=O)c3ccc(Cl)cc3)CC2)cs1. The van der Waals surface area contributed by atoms with Crippen molar-refractivity contribution in [1.82, 2.24) is 9.88 Å². The van der Waals surface area contributed by atoms with Crippen LogP contribution < -0.4 is 5.73 Å². The first-order valence-electron chi connectivity index (χ1n) is 8.32. The third kappa shape index (κ3) is 4.82. The number of carbonyl (C=O) groups is 2. The molecule has 26 heavy (non-hydrogen) atoms. The van der Waals surface area contributed by atoms with Crippen molar-refractivity contribution in [1.29, 1.82) is 0 Å². The number of halogens is 2. The van der Waals surface area contributed by atoms with Gasteiger partial charge >= 0.3 is 0 Å². The van der Waals surface area contributed by atoms with E-state index in [2.05, 4.69) is 4.98 Å². The molecule has 0 unspecified atom stereocenters. The Balaban J connectivity index is 0.00000243. The fourth-order valence-electron chi connectivity index (χ4n) is 3.00. The highest BCUT2D eigenvalue weighted by molar-refractivity contribution is 7.09. The molecule has 1 saturated heterocycles. The molecular weight excluding hydrogens is 393 g/mol. The van der Waals surface area contributed by atoms with Crippen LogP contribution >= 0.6 is 35.3 Å². The highest BCUT2D eigenvalue weighted by Crippen LogP contribution is 2.24. The maximum Gasteiger partial charge on any atom is 0.273 e. The summed E-state index contributed by atoms with van der Waals surface area (Å²) in [4.78, 5) is 31.2. The summed E-state index contributed by atoms with van der Waals surface area (Å²) >= 11 is 7.34. The van der Waals surface area contributed by atoms with Crippen LogP contribution in [-0.4, -0.2) is 41.2 Å². The van der Waals surface area contributed by atoms with Crippen molar-refractivity contribution in [2.75, 3.05) is 19.6 Å². The molecule has 140 valence electrons. The van der Waals surface area contributed by atoms with Gasteiger partial charge in [0.05, 0.1) is 5.01 Å². The number of carbonyl (C=O) groups excluding carboxylic acids is 2. The van der Waals surface area contributed by atoms with E-state index in [1.165, 1.54) is 11.3 Å². The van der Waals surface area contributed by atoms with Gasteiger partial charge in [0.1, 0.15) is 5.69 Å². The minimum atomic E-state index is -0.0584. The zero-order chi connectivity index (χ0) is 17.8. The summed E-state index contributed by atoms with van der Waals surface area (Å²) in [5, 5.41) is 3.30. The molecule has 1 amide bonds. The number of amides is 1. The predicted octanol–water partition coefficient (Wildman–Crippen LogP) is 3.45. The van der Waals surface area contributed by atoms with Crippen LogP contribution in [0.4, 0.5) is 0 Å². The molecule has 2 heterocycles. The summed E-state index contributed by atoms with van der Waals surface area (Å²) in [7, 11) is 0. The number of rotatable bonds is 5. The third-order valence-corrected chi connectivity index (χ3v) is 5.57. The van der Waals surface area contributed by atoms with E-state index < -0.39 is 0 Å². The zero-order valence-corrected chi connectivity index (χ0v) is 16.6. The number of hydrogen-bond donors (Lipinski definition) is 1. The predicted molar refractivity (Wildman–Crippen MR) is 107 cm³/mol. The Morgan fingerprint density at radius 1 is 1.23 bits per heavy atom. The molecule has 0 spiro atoms. The Morgan fingerprint density at radius 2 is 1.88 bits per heavy atom. The molecule has 2 N–H and O–H groups in total. The lowest BCUT2D eigenvalue weighted by Gasteiger charge is -2.31. The molecule has 1 fully saturated rings. The van der Waals surface area contributed by atoms with Crippen LogP contribution in [0.5, 0.6) is 0 Å². The molecule has 1 aromatic heterocycles. The Kier molecular flexibility index (Phi) is 7.58. The van der Waals surface area contributed by atoms with Gasteiger partial charge in [0.25, 0.3) is 5.91 Å². The highest BCUT2D eigenvalue weighted by Gasteiger charge is 2.29. The summed E-state index contributed by atoms with van der Waals surface area (Å²) in [5.74, 6) is 0.0213. The fraction of sp³-hybridized carbons (Fsp3) is 0.389. The van der Waals surface area contributed by atoms with Crippen molar-refractivity contribution < 1.29 is 9.59 Å². The van der Waals surface area contributed by atoms with Gasteiger partial charge in [0.2, 0.25) is 0 Å². The minimum Gasteiger partial charge on any atom is -0.337 e. The number of piperidine rings is 1. The van der Waals surface area contributed by atoms with Crippen molar-refractivity contribution in [2.24, 2.45) is 11.7 Å². The van der Waals surface area contributed by atoms with E-state index >= 15 is 0 Å². The van der Waals surface area contributed by atoms with E-state index in [-0.39, 0.29) is 30.0 Å². The van der Waals surface area contributed by atoms with Crippen LogP contribution in [0.1, 0.15) is 38.7 Å². The standard InChI is InChI=1S/C18H20ClN3O2S.ClH/c19-14-3-1-12(2-4-14)17(23)13-6-9-22(10-7-13)18(24)15-11-25-16(21-15)5-8-20;/h1-4,11,13H,5-10,20H2;1H. The van der Waals surface area contributed by atoms with Gasteiger partial charge in [-0.05, 0) is 43.7 Å². The number of aromatic nitrogens is 1. The van der Waals surface area contributed by atoms with E-state index in [0.29, 0.717) is 55.2 Å². The molecular formula is C18H21Cl2N3O2S. The van der Waals surface area contributed by atoms with Crippen LogP contribution in [0.15, 0.2) is 29.6 Å². The van der Waals surface area contributed by atoms with Gasteiger partial charge in [0.15, 0.2) is 5.78 Å². The molecule has 1 aliphatic heterocycles. The van der Waals surface area contributed by atoms with Crippen molar-refractivity contribution >= 4 is 47.0 Å². The molecule has 0 atom stereocenters. The number of likely N-dealkylation sites (tertiary alicyclic amines) is 1. The van der Waals surface area contributed by atoms with Gasteiger partial charge in [-0.15, -0.1) is 23.7 Å². The van der Waals surface area contributed by atoms with E-state index in [0.717, 1.165) is 5.01 Å². The molecule has 0 radical (unpaired) electrons. The molecule has 1 aromatic carbocycles. The van der Waals surface area contributed by atoms with E-state index in [1.807, 2.05) is 0 Å². The van der Waals surface area contributed by atoms with Gasteiger partial charge in [-0.3, -0.25) is 9.59 Å². The third-order valence-electron chi connectivity index (χ3n) is 4.41. The Hall–Kier alpha value is -1.47. The first-order valence-corrected chi connectivity index (χ1v) is 9.57. The molecule has 8 heteroatoms. The first-order chi connectivity index (χ1) is 12.1. The molecule has 0 aliphatic carbocycles. The lowest BCUT2D eigenvalue weighted by atomic mass is 9.89. The number of nitrogens with zero attached hydrogens (tertiary/aromatic N) is 2. The summed E-state index contributed by atoms with van der Waals surface area (Å²) < 4.78 is 0. The molecule has 2 aromatic rings. The number of thiazole rings is 1. The smallest absolute Gasteiger partial charge is 0.273 e. The Bertz CT molecular complexity index is 756. The van der Waals surface area contributed by atoms with Crippen LogP contribution in [0.2, 0.25) is 5.02 Å². The van der Waals surface area contributed by atoms with Gasteiger partial charge in [-0.1, -0.05) is 11.6 Å². The summed E-state index contributed by atoms with van der Waals surface area (Å²) in [6.45, 7) is 1.68. The molecule has 5 nitrogen and oxygen atoms in total. The van der Waals surface area contributed by atoms with E-state index in [1.54, 1.807) is 34.5 Å².